The van der Waals surface area contributed by atoms with Gasteiger partial charge in [0.15, 0.2) is 0 Å². The number of carbonyl (C=O) groups is 2. The molecule has 1 unspecified atom stereocenters. The zero-order valence-electron chi connectivity index (χ0n) is 20.2. The van der Waals surface area contributed by atoms with Crippen LogP contribution in [0.15, 0.2) is 60.7 Å². The van der Waals surface area contributed by atoms with Gasteiger partial charge in [-0.3, -0.25) is 4.79 Å². The number of carboxylic acids is 1. The number of halogens is 4. The molecular formula is C27H26F4N2O4. The van der Waals surface area contributed by atoms with Crippen molar-refractivity contribution in [1.29, 1.82) is 0 Å². The van der Waals surface area contributed by atoms with E-state index < -0.39 is 58.9 Å². The summed E-state index contributed by atoms with van der Waals surface area (Å²) in [6.07, 6.45) is -5.94. The molecule has 0 saturated carbocycles. The third-order valence-electron chi connectivity index (χ3n) is 5.79. The predicted molar refractivity (Wildman–Crippen MR) is 130 cm³/mol. The summed E-state index contributed by atoms with van der Waals surface area (Å²) in [4.78, 5) is 23.9. The van der Waals surface area contributed by atoms with Gasteiger partial charge in [-0.2, -0.15) is 13.2 Å². The van der Waals surface area contributed by atoms with Gasteiger partial charge in [0, 0.05) is 23.7 Å². The molecule has 0 bridgehead atoms. The molecule has 1 atom stereocenters. The fourth-order valence-corrected chi connectivity index (χ4v) is 4.15. The van der Waals surface area contributed by atoms with Crippen molar-refractivity contribution in [3.8, 4) is 16.9 Å². The van der Waals surface area contributed by atoms with Crippen LogP contribution in [0.3, 0.4) is 0 Å². The quantitative estimate of drug-likeness (QED) is 0.299. The number of hydrogen-bond donors (Lipinski definition) is 3. The average molecular weight is 519 g/mol. The van der Waals surface area contributed by atoms with Gasteiger partial charge in [-0.05, 0) is 23.1 Å². The van der Waals surface area contributed by atoms with E-state index in [-0.39, 0.29) is 12.1 Å². The molecule has 0 saturated heterocycles. The average Bonchev–Trinajstić information content (AvgIpc) is 2.86. The molecule has 3 rings (SSSR count). The van der Waals surface area contributed by atoms with Gasteiger partial charge in [0.1, 0.15) is 11.6 Å². The fraction of sp³-hybridized carbons (Fsp3) is 0.259. The van der Waals surface area contributed by atoms with Crippen LogP contribution >= 0.6 is 0 Å². The highest BCUT2D eigenvalue weighted by atomic mass is 19.4. The van der Waals surface area contributed by atoms with Crippen LogP contribution < -0.4 is 15.4 Å². The van der Waals surface area contributed by atoms with Crippen molar-refractivity contribution >= 4 is 12.0 Å². The molecule has 3 aromatic rings. The van der Waals surface area contributed by atoms with E-state index in [0.29, 0.717) is 12.0 Å². The molecule has 3 N–H and O–H groups in total. The number of benzene rings is 3. The highest BCUT2D eigenvalue weighted by Gasteiger charge is 2.41. The number of carboxylic acid groups (broad SMARTS) is 1. The molecule has 0 aliphatic rings. The Morgan fingerprint density at radius 2 is 1.70 bits per heavy atom. The van der Waals surface area contributed by atoms with Crippen LogP contribution in [0.25, 0.3) is 11.1 Å². The molecular weight excluding hydrogens is 492 g/mol. The SMILES string of the molecule is CCC(NC(=O)NCc1ccccc1)c1ccccc1-c1c(OC)cc(F)c(CC(=O)O)c1C(F)(F)F. The number of hydrogen-bond acceptors (Lipinski definition) is 3. The number of urea groups is 1. The Bertz CT molecular complexity index is 1260. The zero-order chi connectivity index (χ0) is 27.2. The highest BCUT2D eigenvalue weighted by molar-refractivity contribution is 5.82. The smallest absolute Gasteiger partial charge is 0.417 e. The van der Waals surface area contributed by atoms with Crippen molar-refractivity contribution in [2.24, 2.45) is 0 Å². The topological polar surface area (TPSA) is 87.7 Å². The largest absolute Gasteiger partial charge is 0.496 e. The Morgan fingerprint density at radius 3 is 2.30 bits per heavy atom. The van der Waals surface area contributed by atoms with Gasteiger partial charge in [0.25, 0.3) is 0 Å². The first-order valence-corrected chi connectivity index (χ1v) is 11.4. The van der Waals surface area contributed by atoms with E-state index >= 15 is 0 Å². The second-order valence-electron chi connectivity index (χ2n) is 8.22. The highest BCUT2D eigenvalue weighted by Crippen LogP contribution is 2.47. The molecule has 0 aliphatic heterocycles. The van der Waals surface area contributed by atoms with Crippen LogP contribution in [0.1, 0.15) is 41.6 Å². The lowest BCUT2D eigenvalue weighted by atomic mass is 9.87. The third-order valence-corrected chi connectivity index (χ3v) is 5.79. The Kier molecular flexibility index (Phi) is 8.75. The summed E-state index contributed by atoms with van der Waals surface area (Å²) < 4.78 is 62.8. The Labute approximate surface area is 211 Å². The maximum atomic E-state index is 14.7. The van der Waals surface area contributed by atoms with E-state index in [9.17, 15) is 27.2 Å². The van der Waals surface area contributed by atoms with Crippen molar-refractivity contribution in [2.45, 2.75) is 38.5 Å². The number of amides is 2. The number of alkyl halides is 3. The number of carbonyl (C=O) groups excluding carboxylic acids is 1. The fourth-order valence-electron chi connectivity index (χ4n) is 4.15. The molecule has 3 aromatic carbocycles. The number of ether oxygens (including phenoxy) is 1. The second-order valence-corrected chi connectivity index (χ2v) is 8.22. The van der Waals surface area contributed by atoms with Gasteiger partial charge >= 0.3 is 18.2 Å². The molecule has 0 aromatic heterocycles. The van der Waals surface area contributed by atoms with Crippen molar-refractivity contribution < 1.29 is 37.0 Å². The number of methoxy groups -OCH3 is 1. The summed E-state index contributed by atoms with van der Waals surface area (Å²) in [6, 6.07) is 14.7. The first kappa shape index (κ1) is 27.5. The minimum absolute atomic E-state index is 0.0357. The number of rotatable bonds is 9. The molecule has 37 heavy (non-hydrogen) atoms. The van der Waals surface area contributed by atoms with Crippen molar-refractivity contribution in [3.63, 3.8) is 0 Å². The third kappa shape index (κ3) is 6.58. The molecule has 0 fully saturated rings. The normalized spacial score (nSPS) is 12.1. The first-order valence-electron chi connectivity index (χ1n) is 11.4. The van der Waals surface area contributed by atoms with E-state index in [0.717, 1.165) is 18.7 Å². The summed E-state index contributed by atoms with van der Waals surface area (Å²) in [5.41, 5.74) is -1.68. The standard InChI is InChI=1S/C27H26F4N2O4/c1-3-21(33-26(36)32-15-16-9-5-4-6-10-16)17-11-7-8-12-18(17)24-22(37-2)14-20(28)19(13-23(34)35)25(24)27(29,30)31/h4-12,14,21H,3,13,15H2,1-2H3,(H,34,35)(H2,32,33,36). The van der Waals surface area contributed by atoms with Crippen molar-refractivity contribution in [3.05, 3.63) is 88.7 Å². The van der Waals surface area contributed by atoms with Gasteiger partial charge in [-0.15, -0.1) is 0 Å². The Morgan fingerprint density at radius 1 is 1.05 bits per heavy atom. The minimum Gasteiger partial charge on any atom is -0.496 e. The van der Waals surface area contributed by atoms with Crippen LogP contribution in [0.2, 0.25) is 0 Å². The summed E-state index contributed by atoms with van der Waals surface area (Å²) in [7, 11) is 1.10. The number of nitrogens with one attached hydrogen (secondary N) is 2. The molecule has 10 heteroatoms. The van der Waals surface area contributed by atoms with Crippen LogP contribution in [0.5, 0.6) is 5.75 Å². The van der Waals surface area contributed by atoms with Crippen molar-refractivity contribution in [1.82, 2.24) is 10.6 Å². The molecule has 0 radical (unpaired) electrons. The summed E-state index contributed by atoms with van der Waals surface area (Å²) >= 11 is 0. The molecule has 0 aliphatic carbocycles. The summed E-state index contributed by atoms with van der Waals surface area (Å²) in [6.45, 7) is 1.99. The van der Waals surface area contributed by atoms with Crippen LogP contribution in [-0.2, 0) is 23.9 Å². The van der Waals surface area contributed by atoms with E-state index in [1.165, 1.54) is 12.1 Å². The van der Waals surface area contributed by atoms with Crippen LogP contribution in [0, 0.1) is 5.82 Å². The van der Waals surface area contributed by atoms with E-state index in [1.807, 2.05) is 30.3 Å². The number of aliphatic carboxylic acids is 1. The maximum Gasteiger partial charge on any atom is 0.417 e. The van der Waals surface area contributed by atoms with Crippen LogP contribution in [-0.4, -0.2) is 24.2 Å². The minimum atomic E-state index is -5.09. The molecule has 196 valence electrons. The van der Waals surface area contributed by atoms with Gasteiger partial charge < -0.3 is 20.5 Å². The first-order chi connectivity index (χ1) is 17.6. The Balaban J connectivity index is 2.08. The predicted octanol–water partition coefficient (Wildman–Crippen LogP) is 6.10. The molecule has 2 amide bonds. The molecule has 6 nitrogen and oxygen atoms in total. The van der Waals surface area contributed by atoms with Gasteiger partial charge in [0.05, 0.1) is 25.1 Å². The lowest BCUT2D eigenvalue weighted by Crippen LogP contribution is -2.37. The van der Waals surface area contributed by atoms with E-state index in [4.69, 9.17) is 9.84 Å². The van der Waals surface area contributed by atoms with Crippen LogP contribution in [0.4, 0.5) is 22.4 Å². The molecule has 0 spiro atoms. The zero-order valence-corrected chi connectivity index (χ0v) is 20.2. The van der Waals surface area contributed by atoms with E-state index in [2.05, 4.69) is 10.6 Å². The van der Waals surface area contributed by atoms with Gasteiger partial charge in [-0.1, -0.05) is 61.5 Å². The van der Waals surface area contributed by atoms with E-state index in [1.54, 1.807) is 19.1 Å². The van der Waals surface area contributed by atoms with Gasteiger partial charge in [0.2, 0.25) is 0 Å². The summed E-state index contributed by atoms with van der Waals surface area (Å²) in [5, 5.41) is 14.7. The maximum absolute atomic E-state index is 14.7. The van der Waals surface area contributed by atoms with Gasteiger partial charge in [-0.25, -0.2) is 9.18 Å². The molecule has 0 heterocycles. The summed E-state index contributed by atoms with van der Waals surface area (Å²) in [5.74, 6) is -3.36. The lowest BCUT2D eigenvalue weighted by molar-refractivity contribution is -0.139. The van der Waals surface area contributed by atoms with Crippen molar-refractivity contribution in [2.75, 3.05) is 7.11 Å². The Hall–Kier alpha value is -4.08. The monoisotopic (exact) mass is 518 g/mol. The second kappa shape index (κ2) is 11.8. The lowest BCUT2D eigenvalue weighted by Gasteiger charge is -2.25.